The Labute approximate surface area is 118 Å². The molecule has 8 nitrogen and oxygen atoms in total. The van der Waals surface area contributed by atoms with E-state index in [1.807, 2.05) is 0 Å². The average Bonchev–Trinajstić information content (AvgIpc) is 2.82. The largest absolute Gasteiger partial charge is 0.478 e. The second-order valence-corrected chi connectivity index (χ2v) is 4.75. The van der Waals surface area contributed by atoms with Crippen molar-refractivity contribution in [2.24, 2.45) is 7.05 Å². The van der Waals surface area contributed by atoms with Crippen LogP contribution in [-0.2, 0) is 11.8 Å². The van der Waals surface area contributed by atoms with Crippen LogP contribution >= 0.6 is 11.8 Å². The number of aromatic carboxylic acids is 1. The highest BCUT2D eigenvalue weighted by molar-refractivity contribution is 7.99. The number of aryl methyl sites for hydroxylation is 1. The number of hydrogen-bond acceptors (Lipinski definition) is 6. The van der Waals surface area contributed by atoms with Gasteiger partial charge in [0.2, 0.25) is 11.1 Å². The molecule has 0 bridgehead atoms. The summed E-state index contributed by atoms with van der Waals surface area (Å²) in [5.41, 5.74) is 0.708. The standard InChI is InChI=1S/C11H11N5O3S/c1-16-11(13-14-15-16)20-6-9(17)12-8-4-2-7(3-5-8)10(18)19/h2-5H,6H2,1H3,(H,12,17)(H,18,19). The molecule has 0 unspecified atom stereocenters. The van der Waals surface area contributed by atoms with Gasteiger partial charge in [-0.1, -0.05) is 11.8 Å². The molecule has 0 aliphatic heterocycles. The highest BCUT2D eigenvalue weighted by Crippen LogP contribution is 2.14. The molecule has 0 atom stereocenters. The number of carboxylic acids is 1. The molecule has 0 radical (unpaired) electrons. The summed E-state index contributed by atoms with van der Waals surface area (Å²) >= 11 is 1.21. The zero-order valence-electron chi connectivity index (χ0n) is 10.5. The van der Waals surface area contributed by atoms with Gasteiger partial charge in [0.25, 0.3) is 0 Å². The molecule has 1 aromatic heterocycles. The Balaban J connectivity index is 1.88. The minimum Gasteiger partial charge on any atom is -0.478 e. The number of amides is 1. The highest BCUT2D eigenvalue weighted by atomic mass is 32.2. The Hall–Kier alpha value is -2.42. The fraction of sp³-hybridized carbons (Fsp3) is 0.182. The predicted molar refractivity (Wildman–Crippen MR) is 71.6 cm³/mol. The van der Waals surface area contributed by atoms with E-state index in [2.05, 4.69) is 20.8 Å². The topological polar surface area (TPSA) is 110 Å². The van der Waals surface area contributed by atoms with Crippen LogP contribution in [0.1, 0.15) is 10.4 Å². The maximum Gasteiger partial charge on any atom is 0.335 e. The van der Waals surface area contributed by atoms with Gasteiger partial charge in [-0.2, -0.15) is 0 Å². The molecule has 0 saturated carbocycles. The third kappa shape index (κ3) is 3.54. The second-order valence-electron chi connectivity index (χ2n) is 3.80. The molecule has 2 N–H and O–H groups in total. The Morgan fingerprint density at radius 3 is 2.60 bits per heavy atom. The number of benzene rings is 1. The first-order valence-electron chi connectivity index (χ1n) is 5.54. The third-order valence-corrected chi connectivity index (χ3v) is 3.34. The van der Waals surface area contributed by atoms with Crippen LogP contribution in [0.5, 0.6) is 0 Å². The van der Waals surface area contributed by atoms with Crippen LogP contribution in [0.4, 0.5) is 5.69 Å². The fourth-order valence-corrected chi connectivity index (χ4v) is 2.02. The number of rotatable bonds is 5. The van der Waals surface area contributed by atoms with Gasteiger partial charge in [-0.05, 0) is 34.7 Å². The van der Waals surface area contributed by atoms with Crippen molar-refractivity contribution < 1.29 is 14.7 Å². The third-order valence-electron chi connectivity index (χ3n) is 2.33. The van der Waals surface area contributed by atoms with Crippen LogP contribution in [0, 0.1) is 0 Å². The van der Waals surface area contributed by atoms with Gasteiger partial charge in [-0.25, -0.2) is 9.48 Å². The maximum absolute atomic E-state index is 11.7. The first-order chi connectivity index (χ1) is 9.56. The Morgan fingerprint density at radius 1 is 1.35 bits per heavy atom. The minimum atomic E-state index is -1.01. The molecular weight excluding hydrogens is 282 g/mol. The number of hydrogen-bond donors (Lipinski definition) is 2. The number of tetrazole rings is 1. The number of carbonyl (C=O) groups is 2. The smallest absolute Gasteiger partial charge is 0.335 e. The molecule has 2 aromatic rings. The van der Waals surface area contributed by atoms with Gasteiger partial charge in [0.1, 0.15) is 0 Å². The first kappa shape index (κ1) is 14.0. The summed E-state index contributed by atoms with van der Waals surface area (Å²) in [6, 6.07) is 5.93. The van der Waals surface area contributed by atoms with E-state index in [0.29, 0.717) is 10.8 Å². The molecule has 20 heavy (non-hydrogen) atoms. The zero-order chi connectivity index (χ0) is 14.5. The fourth-order valence-electron chi connectivity index (χ4n) is 1.37. The quantitative estimate of drug-likeness (QED) is 0.778. The van der Waals surface area contributed by atoms with Crippen molar-refractivity contribution in [2.45, 2.75) is 5.16 Å². The number of thioether (sulfide) groups is 1. The van der Waals surface area contributed by atoms with Crippen LogP contribution in [0.15, 0.2) is 29.4 Å². The average molecular weight is 293 g/mol. The first-order valence-corrected chi connectivity index (χ1v) is 6.53. The maximum atomic E-state index is 11.7. The molecule has 0 aliphatic rings. The lowest BCUT2D eigenvalue weighted by molar-refractivity contribution is -0.113. The number of aromatic nitrogens is 4. The van der Waals surface area contributed by atoms with E-state index in [1.165, 1.54) is 40.7 Å². The SMILES string of the molecule is Cn1nnnc1SCC(=O)Nc1ccc(C(=O)O)cc1. The van der Waals surface area contributed by atoms with Crippen molar-refractivity contribution >= 4 is 29.3 Å². The predicted octanol–water partition coefficient (Wildman–Crippen LogP) is 0.639. The van der Waals surface area contributed by atoms with Crippen molar-refractivity contribution in [1.82, 2.24) is 20.2 Å². The summed E-state index contributed by atoms with van der Waals surface area (Å²) in [5.74, 6) is -1.07. The second kappa shape index (κ2) is 6.15. The van der Waals surface area contributed by atoms with Crippen LogP contribution in [0.2, 0.25) is 0 Å². The molecule has 1 aromatic carbocycles. The summed E-state index contributed by atoms with van der Waals surface area (Å²) in [4.78, 5) is 22.4. The number of anilines is 1. The minimum absolute atomic E-state index is 0.162. The van der Waals surface area contributed by atoms with Gasteiger partial charge in [0, 0.05) is 12.7 Å². The summed E-state index contributed by atoms with van der Waals surface area (Å²) in [6.07, 6.45) is 0. The number of nitrogens with one attached hydrogen (secondary N) is 1. The summed E-state index contributed by atoms with van der Waals surface area (Å²) in [6.45, 7) is 0. The Kier molecular flexibility index (Phi) is 4.31. The van der Waals surface area contributed by atoms with E-state index < -0.39 is 5.97 Å². The van der Waals surface area contributed by atoms with Crippen LogP contribution in [0.25, 0.3) is 0 Å². The van der Waals surface area contributed by atoms with Crippen molar-refractivity contribution in [3.8, 4) is 0 Å². The van der Waals surface area contributed by atoms with Gasteiger partial charge in [-0.15, -0.1) is 5.10 Å². The monoisotopic (exact) mass is 293 g/mol. The molecule has 2 rings (SSSR count). The van der Waals surface area contributed by atoms with E-state index in [4.69, 9.17) is 5.11 Å². The lowest BCUT2D eigenvalue weighted by atomic mass is 10.2. The molecule has 1 heterocycles. The van der Waals surface area contributed by atoms with Crippen LogP contribution in [0.3, 0.4) is 0 Å². The van der Waals surface area contributed by atoms with Crippen molar-refractivity contribution in [2.75, 3.05) is 11.1 Å². The summed E-state index contributed by atoms with van der Waals surface area (Å²) in [7, 11) is 1.69. The molecule has 9 heteroatoms. The van der Waals surface area contributed by atoms with Crippen molar-refractivity contribution in [3.05, 3.63) is 29.8 Å². The van der Waals surface area contributed by atoms with E-state index in [-0.39, 0.29) is 17.2 Å². The normalized spacial score (nSPS) is 10.2. The van der Waals surface area contributed by atoms with Gasteiger partial charge in [0.05, 0.1) is 11.3 Å². The highest BCUT2D eigenvalue weighted by Gasteiger charge is 2.08. The molecule has 0 fully saturated rings. The summed E-state index contributed by atoms with van der Waals surface area (Å²) < 4.78 is 1.47. The van der Waals surface area contributed by atoms with Gasteiger partial charge < -0.3 is 10.4 Å². The molecule has 0 aliphatic carbocycles. The molecular formula is C11H11N5O3S. The number of nitrogens with zero attached hydrogens (tertiary/aromatic N) is 4. The lowest BCUT2D eigenvalue weighted by Crippen LogP contribution is -2.14. The van der Waals surface area contributed by atoms with Crippen molar-refractivity contribution in [1.29, 1.82) is 0 Å². The van der Waals surface area contributed by atoms with Gasteiger partial charge >= 0.3 is 5.97 Å². The molecule has 104 valence electrons. The summed E-state index contributed by atoms with van der Waals surface area (Å²) in [5, 5.41) is 22.8. The lowest BCUT2D eigenvalue weighted by Gasteiger charge is -2.04. The van der Waals surface area contributed by atoms with Gasteiger partial charge in [0.15, 0.2) is 0 Å². The van der Waals surface area contributed by atoms with E-state index in [9.17, 15) is 9.59 Å². The van der Waals surface area contributed by atoms with E-state index in [1.54, 1.807) is 7.05 Å². The van der Waals surface area contributed by atoms with E-state index >= 15 is 0 Å². The van der Waals surface area contributed by atoms with Crippen LogP contribution in [-0.4, -0.2) is 42.9 Å². The molecule has 1 amide bonds. The Bertz CT molecular complexity index is 625. The number of carboxylic acid groups (broad SMARTS) is 1. The zero-order valence-corrected chi connectivity index (χ0v) is 11.3. The van der Waals surface area contributed by atoms with Crippen molar-refractivity contribution in [3.63, 3.8) is 0 Å². The van der Waals surface area contributed by atoms with E-state index in [0.717, 1.165) is 0 Å². The number of carbonyl (C=O) groups excluding carboxylic acids is 1. The molecule has 0 spiro atoms. The molecule has 0 saturated heterocycles. The van der Waals surface area contributed by atoms with Crippen LogP contribution < -0.4 is 5.32 Å². The van der Waals surface area contributed by atoms with Gasteiger partial charge in [-0.3, -0.25) is 4.79 Å². The Morgan fingerprint density at radius 2 is 2.05 bits per heavy atom.